The second-order valence-electron chi connectivity index (χ2n) is 7.10. The molecule has 0 radical (unpaired) electrons. The molecule has 3 aromatic carbocycles. The van der Waals surface area contributed by atoms with Crippen LogP contribution in [-0.2, 0) is 4.79 Å². The van der Waals surface area contributed by atoms with Crippen molar-refractivity contribution in [3.8, 4) is 17.2 Å². The van der Waals surface area contributed by atoms with Crippen LogP contribution in [0.4, 0.5) is 0 Å². The van der Waals surface area contributed by atoms with Crippen molar-refractivity contribution in [3.63, 3.8) is 0 Å². The average Bonchev–Trinajstić information content (AvgIpc) is 2.89. The van der Waals surface area contributed by atoms with Crippen molar-refractivity contribution in [3.05, 3.63) is 90.4 Å². The summed E-state index contributed by atoms with van der Waals surface area (Å²) in [6.07, 6.45) is 2.81. The highest BCUT2D eigenvalue weighted by molar-refractivity contribution is 9.11. The van der Waals surface area contributed by atoms with Gasteiger partial charge in [0.15, 0.2) is 0 Å². The van der Waals surface area contributed by atoms with Gasteiger partial charge in [0.05, 0.1) is 29.4 Å². The van der Waals surface area contributed by atoms with E-state index in [4.69, 9.17) is 9.47 Å². The second kappa shape index (κ2) is 12.7. The van der Waals surface area contributed by atoms with Crippen molar-refractivity contribution in [2.75, 3.05) is 14.2 Å². The number of hydrogen-bond acceptors (Lipinski definition) is 6. The number of aromatic hydroxyl groups is 1. The van der Waals surface area contributed by atoms with E-state index in [0.29, 0.717) is 41.6 Å². The Morgan fingerprint density at radius 2 is 1.69 bits per heavy atom. The maximum Gasteiger partial charge on any atom is 0.287 e. The van der Waals surface area contributed by atoms with Gasteiger partial charge in [0.25, 0.3) is 11.8 Å². The van der Waals surface area contributed by atoms with Gasteiger partial charge < -0.3 is 19.9 Å². The van der Waals surface area contributed by atoms with Crippen LogP contribution in [-0.4, -0.2) is 37.4 Å². The van der Waals surface area contributed by atoms with Gasteiger partial charge in [-0.1, -0.05) is 34.1 Å². The zero-order valence-electron chi connectivity index (χ0n) is 19.0. The lowest BCUT2D eigenvalue weighted by Crippen LogP contribution is -2.32. The summed E-state index contributed by atoms with van der Waals surface area (Å²) in [6.45, 7) is 0. The number of nitrogens with zero attached hydrogens (tertiary/aromatic N) is 1. The quantitative estimate of drug-likeness (QED) is 0.163. The third kappa shape index (κ3) is 6.74. The van der Waals surface area contributed by atoms with Gasteiger partial charge in [-0.25, -0.2) is 5.43 Å². The van der Waals surface area contributed by atoms with Gasteiger partial charge in [0.1, 0.15) is 22.9 Å². The zero-order valence-corrected chi connectivity index (χ0v) is 23.8. The summed E-state index contributed by atoms with van der Waals surface area (Å²) < 4.78 is 12.1. The third-order valence-electron chi connectivity index (χ3n) is 4.81. The fraction of sp³-hybridized carbons (Fsp3) is 0.0800. The zero-order chi connectivity index (χ0) is 26.2. The van der Waals surface area contributed by atoms with Crippen molar-refractivity contribution < 1.29 is 24.2 Å². The lowest BCUT2D eigenvalue weighted by atomic mass is 10.1. The first-order valence-electron chi connectivity index (χ1n) is 10.2. The Morgan fingerprint density at radius 1 is 0.972 bits per heavy atom. The highest BCUT2D eigenvalue weighted by Gasteiger charge is 2.17. The molecule has 0 aliphatic rings. The van der Waals surface area contributed by atoms with Crippen LogP contribution in [0.5, 0.6) is 17.2 Å². The monoisotopic (exact) mass is 679 g/mol. The second-order valence-corrected chi connectivity index (χ2v) is 9.60. The Morgan fingerprint density at radius 3 is 2.36 bits per heavy atom. The molecule has 186 valence electrons. The minimum absolute atomic E-state index is 0.0215. The minimum atomic E-state index is -0.686. The number of nitrogens with one attached hydrogen (secondary N) is 2. The van der Waals surface area contributed by atoms with E-state index in [1.54, 1.807) is 54.6 Å². The number of carbonyl (C=O) groups is 2. The minimum Gasteiger partial charge on any atom is -0.506 e. The van der Waals surface area contributed by atoms with Gasteiger partial charge in [-0.2, -0.15) is 5.10 Å². The number of hydrazone groups is 1. The van der Waals surface area contributed by atoms with Crippen molar-refractivity contribution >= 4 is 71.9 Å². The number of rotatable bonds is 8. The summed E-state index contributed by atoms with van der Waals surface area (Å²) in [6, 6.07) is 15.2. The third-order valence-corrected chi connectivity index (χ3v) is 6.87. The topological polar surface area (TPSA) is 109 Å². The molecule has 3 N–H and O–H groups in total. The van der Waals surface area contributed by atoms with E-state index in [1.165, 1.54) is 26.5 Å². The number of hydrogen-bond donors (Lipinski definition) is 3. The van der Waals surface area contributed by atoms with Crippen LogP contribution >= 0.6 is 47.8 Å². The van der Waals surface area contributed by atoms with Crippen LogP contribution in [0.3, 0.4) is 0 Å². The van der Waals surface area contributed by atoms with Crippen molar-refractivity contribution in [2.24, 2.45) is 5.10 Å². The molecule has 0 unspecified atom stereocenters. The normalized spacial score (nSPS) is 11.3. The summed E-state index contributed by atoms with van der Waals surface area (Å²) >= 11 is 9.94. The molecule has 0 atom stereocenters. The highest BCUT2D eigenvalue weighted by atomic mass is 79.9. The van der Waals surface area contributed by atoms with E-state index in [0.717, 1.165) is 0 Å². The molecule has 0 aromatic heterocycles. The van der Waals surface area contributed by atoms with Gasteiger partial charge in [0.2, 0.25) is 0 Å². The summed E-state index contributed by atoms with van der Waals surface area (Å²) in [4.78, 5) is 25.9. The molecule has 0 aliphatic heterocycles. The standard InChI is InChI=1S/C25H20Br3N3O5/c1-35-16-8-9-21(36-2)15(10-16)11-20(30-24(33)14-6-4-3-5-7-14)25(34)31-29-13-17-18(26)12-19(27)23(32)22(17)28/h3-13,32H,1-2H3,(H,30,33)(H,31,34). The first-order chi connectivity index (χ1) is 17.2. The molecule has 8 nitrogen and oxygen atoms in total. The summed E-state index contributed by atoms with van der Waals surface area (Å²) in [5.74, 6) is -0.178. The van der Waals surface area contributed by atoms with Crippen molar-refractivity contribution in [1.29, 1.82) is 0 Å². The van der Waals surface area contributed by atoms with E-state index in [1.807, 2.05) is 0 Å². The van der Waals surface area contributed by atoms with Crippen LogP contribution in [0.25, 0.3) is 6.08 Å². The maximum absolute atomic E-state index is 13.1. The van der Waals surface area contributed by atoms with Crippen LogP contribution < -0.4 is 20.2 Å². The molecule has 0 bridgehead atoms. The first kappa shape index (κ1) is 27.4. The van der Waals surface area contributed by atoms with Gasteiger partial charge in [-0.15, -0.1) is 0 Å². The number of ether oxygens (including phenoxy) is 2. The molecule has 3 rings (SSSR count). The fourth-order valence-corrected chi connectivity index (χ4v) is 5.30. The lowest BCUT2D eigenvalue weighted by molar-refractivity contribution is -0.117. The summed E-state index contributed by atoms with van der Waals surface area (Å²) in [5.41, 5.74) is 3.69. The predicted molar refractivity (Wildman–Crippen MR) is 148 cm³/mol. The molecule has 11 heteroatoms. The Balaban J connectivity index is 1.94. The Bertz CT molecular complexity index is 1340. The molecule has 0 heterocycles. The molecule has 36 heavy (non-hydrogen) atoms. The van der Waals surface area contributed by atoms with Gasteiger partial charge in [-0.05, 0) is 74.3 Å². The Hall–Kier alpha value is -3.15. The smallest absolute Gasteiger partial charge is 0.287 e. The predicted octanol–water partition coefficient (Wildman–Crippen LogP) is 5.62. The number of halogens is 3. The van der Waals surface area contributed by atoms with Crippen LogP contribution in [0.2, 0.25) is 0 Å². The average molecular weight is 682 g/mol. The Kier molecular flexibility index (Phi) is 9.68. The van der Waals surface area contributed by atoms with E-state index in [9.17, 15) is 14.7 Å². The number of phenolic OH excluding ortho intramolecular Hbond substituents is 1. The van der Waals surface area contributed by atoms with E-state index in [-0.39, 0.29) is 11.4 Å². The molecule has 2 amide bonds. The van der Waals surface area contributed by atoms with Crippen LogP contribution in [0, 0.1) is 0 Å². The number of amides is 2. The van der Waals surface area contributed by atoms with E-state index in [2.05, 4.69) is 63.6 Å². The molecule has 0 saturated heterocycles. The number of phenols is 1. The van der Waals surface area contributed by atoms with Crippen LogP contribution in [0.15, 0.2) is 78.8 Å². The molecular weight excluding hydrogens is 662 g/mol. The van der Waals surface area contributed by atoms with E-state index >= 15 is 0 Å². The van der Waals surface area contributed by atoms with E-state index < -0.39 is 11.8 Å². The summed E-state index contributed by atoms with van der Waals surface area (Å²) in [7, 11) is 3.01. The molecule has 0 saturated carbocycles. The highest BCUT2D eigenvalue weighted by Crippen LogP contribution is 2.38. The number of methoxy groups -OCH3 is 2. The Labute approximate surface area is 232 Å². The van der Waals surface area contributed by atoms with Gasteiger partial charge in [0, 0.05) is 21.2 Å². The van der Waals surface area contributed by atoms with Crippen LogP contribution in [0.1, 0.15) is 21.5 Å². The van der Waals surface area contributed by atoms with Crippen molar-refractivity contribution in [1.82, 2.24) is 10.7 Å². The van der Waals surface area contributed by atoms with Crippen molar-refractivity contribution in [2.45, 2.75) is 0 Å². The molecular formula is C25H20Br3N3O5. The lowest BCUT2D eigenvalue weighted by Gasteiger charge is -2.12. The largest absolute Gasteiger partial charge is 0.506 e. The fourth-order valence-electron chi connectivity index (χ4n) is 2.98. The maximum atomic E-state index is 13.1. The molecule has 0 fully saturated rings. The molecule has 3 aromatic rings. The molecule has 0 spiro atoms. The van der Waals surface area contributed by atoms with Gasteiger partial charge >= 0.3 is 0 Å². The number of benzene rings is 3. The van der Waals surface area contributed by atoms with Gasteiger partial charge in [-0.3, -0.25) is 9.59 Å². The number of carbonyl (C=O) groups excluding carboxylic acids is 2. The first-order valence-corrected chi connectivity index (χ1v) is 12.6. The SMILES string of the molecule is COc1ccc(OC)c(C=C(NC(=O)c2ccccc2)C(=O)NN=Cc2c(Br)cc(Br)c(O)c2Br)c1. The summed E-state index contributed by atoms with van der Waals surface area (Å²) in [5, 5.41) is 16.8. The molecule has 0 aliphatic carbocycles.